The van der Waals surface area contributed by atoms with Crippen molar-refractivity contribution in [2.45, 2.75) is 0 Å². The summed E-state index contributed by atoms with van der Waals surface area (Å²) in [5.41, 5.74) is -0.186. The molecule has 0 amide bonds. The first-order valence-corrected chi connectivity index (χ1v) is 5.36. The average Bonchev–Trinajstić information content (AvgIpc) is 1.99. The number of carbonyl (C=O) groups excluding carboxylic acids is 1. The van der Waals surface area contributed by atoms with Gasteiger partial charge in [-0.15, -0.1) is 0 Å². The largest absolute Gasteiger partial charge is 0.435 e. The molecule has 0 aliphatic rings. The van der Waals surface area contributed by atoms with Crippen LogP contribution in [0.5, 0.6) is 5.75 Å². The molecule has 0 saturated carbocycles. The number of rotatable bonds is 3. The molecule has 0 spiro atoms. The molecule has 0 N–H and O–H groups in total. The van der Waals surface area contributed by atoms with E-state index < -0.39 is 16.3 Å². The Morgan fingerprint density at radius 2 is 1.73 bits per heavy atom. The van der Waals surface area contributed by atoms with Gasteiger partial charge in [0.15, 0.2) is 0 Å². The standard InChI is InChI=1S/C7H5F5O2S/c8-15(9,10,11,12)14-7-3-1-2-6(4-7)5-13/h1-5H. The first kappa shape index (κ1) is 11.8. The van der Waals surface area contributed by atoms with Gasteiger partial charge in [0.2, 0.25) is 0 Å². The minimum Gasteiger partial charge on any atom is -0.355 e. The highest BCUT2D eigenvalue weighted by Gasteiger charge is 2.67. The lowest BCUT2D eigenvalue weighted by Gasteiger charge is -2.39. The van der Waals surface area contributed by atoms with Crippen LogP contribution in [0.15, 0.2) is 24.3 Å². The lowest BCUT2D eigenvalue weighted by atomic mass is 10.2. The maximum Gasteiger partial charge on any atom is 0.435 e. The molecule has 1 aromatic rings. The van der Waals surface area contributed by atoms with Crippen molar-refractivity contribution in [1.29, 1.82) is 0 Å². The van der Waals surface area contributed by atoms with Crippen LogP contribution in [0.25, 0.3) is 0 Å². The molecule has 0 radical (unpaired) electrons. The van der Waals surface area contributed by atoms with Gasteiger partial charge in [-0.05, 0) is 12.1 Å². The highest BCUT2D eigenvalue weighted by molar-refractivity contribution is 8.42. The van der Waals surface area contributed by atoms with Crippen molar-refractivity contribution in [3.05, 3.63) is 29.8 Å². The van der Waals surface area contributed by atoms with Gasteiger partial charge in [-0.3, -0.25) is 4.79 Å². The molecule has 15 heavy (non-hydrogen) atoms. The summed E-state index contributed by atoms with van der Waals surface area (Å²) >= 11 is 0. The first-order chi connectivity index (χ1) is 6.49. The number of halogens is 5. The van der Waals surface area contributed by atoms with E-state index in [9.17, 15) is 24.2 Å². The van der Waals surface area contributed by atoms with Crippen LogP contribution < -0.4 is 4.18 Å². The summed E-state index contributed by atoms with van der Waals surface area (Å²) in [5.74, 6) is -1.11. The molecule has 1 rings (SSSR count). The van der Waals surface area contributed by atoms with Gasteiger partial charge in [0.1, 0.15) is 12.0 Å². The van der Waals surface area contributed by atoms with Crippen LogP contribution in [0.4, 0.5) is 19.4 Å². The molecule has 8 heteroatoms. The molecular weight excluding hydrogens is 243 g/mol. The number of aldehydes is 1. The predicted molar refractivity (Wildman–Crippen MR) is 45.6 cm³/mol. The Bertz CT molecular complexity index is 398. The number of hydrogen-bond acceptors (Lipinski definition) is 2. The normalized spacial score (nSPS) is 16.3. The zero-order valence-corrected chi connectivity index (χ0v) is 7.82. The fourth-order valence-corrected chi connectivity index (χ4v) is 1.29. The molecule has 0 aliphatic heterocycles. The second-order valence-corrected chi connectivity index (χ2v) is 4.63. The fraction of sp³-hybridized carbons (Fsp3) is 0. The minimum absolute atomic E-state index is 0.186. The second-order valence-electron chi connectivity index (χ2n) is 2.67. The molecule has 0 fully saturated rings. The molecule has 0 saturated heterocycles. The van der Waals surface area contributed by atoms with E-state index in [0.717, 1.165) is 12.1 Å². The highest BCUT2D eigenvalue weighted by atomic mass is 32.5. The Hall–Kier alpha value is -1.31. The van der Waals surface area contributed by atoms with Gasteiger partial charge < -0.3 is 4.18 Å². The zero-order chi connectivity index (χ0) is 11.8. The summed E-state index contributed by atoms with van der Waals surface area (Å²) in [6.45, 7) is 0. The Kier molecular flexibility index (Phi) is 2.06. The van der Waals surface area contributed by atoms with Gasteiger partial charge in [-0.25, -0.2) is 0 Å². The first-order valence-electron chi connectivity index (χ1n) is 3.49. The second kappa shape index (κ2) is 2.63. The number of carbonyl (C=O) groups is 1. The Labute approximate surface area is 81.6 Å². The van der Waals surface area contributed by atoms with Crippen LogP contribution in [0.1, 0.15) is 10.4 Å². The van der Waals surface area contributed by atoms with E-state index in [2.05, 4.69) is 4.18 Å². The van der Waals surface area contributed by atoms with Crippen molar-refractivity contribution in [1.82, 2.24) is 0 Å². The molecule has 0 aliphatic carbocycles. The van der Waals surface area contributed by atoms with Gasteiger partial charge in [0, 0.05) is 5.56 Å². The fourth-order valence-electron chi connectivity index (χ4n) is 0.822. The van der Waals surface area contributed by atoms with Gasteiger partial charge in [-0.2, -0.15) is 0 Å². The summed E-state index contributed by atoms with van der Waals surface area (Å²) in [6, 6.07) is 3.42. The lowest BCUT2D eigenvalue weighted by Crippen LogP contribution is -2.14. The number of benzene rings is 1. The molecule has 0 unspecified atom stereocenters. The van der Waals surface area contributed by atoms with Gasteiger partial charge in [0.05, 0.1) is 0 Å². The van der Waals surface area contributed by atoms with Crippen molar-refractivity contribution in [3.8, 4) is 5.75 Å². The van der Waals surface area contributed by atoms with Crippen LogP contribution in [0.3, 0.4) is 0 Å². The van der Waals surface area contributed by atoms with E-state index >= 15 is 0 Å². The maximum absolute atomic E-state index is 11.8. The smallest absolute Gasteiger partial charge is 0.355 e. The zero-order valence-electron chi connectivity index (χ0n) is 7.00. The van der Waals surface area contributed by atoms with E-state index in [0.29, 0.717) is 12.1 Å². The van der Waals surface area contributed by atoms with Crippen molar-refractivity contribution in [3.63, 3.8) is 0 Å². The molecule has 86 valence electrons. The van der Waals surface area contributed by atoms with Crippen molar-refractivity contribution in [2.75, 3.05) is 0 Å². The van der Waals surface area contributed by atoms with E-state index in [1.165, 1.54) is 0 Å². The Morgan fingerprint density at radius 3 is 2.20 bits per heavy atom. The van der Waals surface area contributed by atoms with E-state index in [4.69, 9.17) is 0 Å². The van der Waals surface area contributed by atoms with Crippen molar-refractivity contribution < 1.29 is 28.4 Å². The van der Waals surface area contributed by atoms with Crippen LogP contribution in [0.2, 0.25) is 0 Å². The molecule has 1 aromatic carbocycles. The van der Waals surface area contributed by atoms with Gasteiger partial charge in [0.25, 0.3) is 0 Å². The average molecular weight is 248 g/mol. The molecule has 0 heterocycles. The van der Waals surface area contributed by atoms with Crippen LogP contribution in [-0.4, -0.2) is 6.29 Å². The monoisotopic (exact) mass is 248 g/mol. The third-order valence-electron chi connectivity index (χ3n) is 1.25. The summed E-state index contributed by atoms with van der Waals surface area (Å²) in [4.78, 5) is 10.2. The molecule has 0 aromatic heterocycles. The van der Waals surface area contributed by atoms with Crippen LogP contribution in [-0.2, 0) is 0 Å². The van der Waals surface area contributed by atoms with Gasteiger partial charge in [-0.1, -0.05) is 31.6 Å². The molecule has 0 atom stereocenters. The minimum atomic E-state index is -9.94. The summed E-state index contributed by atoms with van der Waals surface area (Å²) in [7, 11) is -9.94. The summed E-state index contributed by atoms with van der Waals surface area (Å²) in [5, 5.41) is 0. The van der Waals surface area contributed by atoms with Crippen LogP contribution >= 0.6 is 10.5 Å². The molecule has 2 nitrogen and oxygen atoms in total. The van der Waals surface area contributed by atoms with Gasteiger partial charge >= 0.3 is 10.5 Å². The maximum atomic E-state index is 11.8. The SMILES string of the molecule is O=Cc1cccc(OS(F)(F)(F)(F)F)c1. The van der Waals surface area contributed by atoms with Crippen molar-refractivity contribution >= 4 is 16.8 Å². The Morgan fingerprint density at radius 1 is 1.13 bits per heavy atom. The van der Waals surface area contributed by atoms with Crippen molar-refractivity contribution in [2.24, 2.45) is 0 Å². The summed E-state index contributed by atoms with van der Waals surface area (Å²) < 4.78 is 61.9. The molecular formula is C7H5F5O2S. The van der Waals surface area contributed by atoms with Crippen LogP contribution in [0, 0.1) is 0 Å². The lowest BCUT2D eigenvalue weighted by molar-refractivity contribution is 0.112. The quantitative estimate of drug-likeness (QED) is 0.594. The van der Waals surface area contributed by atoms with E-state index in [1.54, 1.807) is 0 Å². The third kappa shape index (κ3) is 4.63. The molecule has 0 bridgehead atoms. The third-order valence-corrected chi connectivity index (χ3v) is 1.76. The topological polar surface area (TPSA) is 26.3 Å². The predicted octanol–water partition coefficient (Wildman–Crippen LogP) is 4.09. The number of hydrogen-bond donors (Lipinski definition) is 0. The Balaban J connectivity index is 3.06. The highest BCUT2D eigenvalue weighted by Crippen LogP contribution is 2.97. The van der Waals surface area contributed by atoms with E-state index in [1.807, 2.05) is 0 Å². The summed E-state index contributed by atoms with van der Waals surface area (Å²) in [6.07, 6.45) is 0.221. The van der Waals surface area contributed by atoms with E-state index in [-0.39, 0.29) is 11.8 Å².